The fourth-order valence-corrected chi connectivity index (χ4v) is 3.86. The summed E-state index contributed by atoms with van der Waals surface area (Å²) in [5.74, 6) is -1.55. The van der Waals surface area contributed by atoms with Crippen LogP contribution in [0, 0.1) is 0 Å². The Bertz CT molecular complexity index is 448. The first kappa shape index (κ1) is 14.7. The van der Waals surface area contributed by atoms with Gasteiger partial charge in [-0.1, -0.05) is 0 Å². The Balaban J connectivity index is 2.58. The van der Waals surface area contributed by atoms with Gasteiger partial charge in [-0.25, -0.2) is 18.0 Å². The van der Waals surface area contributed by atoms with E-state index in [0.29, 0.717) is 0 Å². The second-order valence-electron chi connectivity index (χ2n) is 4.57. The molecule has 0 aromatic carbocycles. The number of carbonyl (C=O) groups is 2. The van der Waals surface area contributed by atoms with Crippen molar-refractivity contribution in [1.29, 1.82) is 0 Å². The number of carbonyl (C=O) groups excluding carboxylic acids is 1. The molecule has 0 radical (unpaired) electrons. The maximum Gasteiger partial charge on any atom is 0.328 e. The maximum absolute atomic E-state index is 11.5. The first-order valence-corrected chi connectivity index (χ1v) is 7.12. The van der Waals surface area contributed by atoms with Crippen molar-refractivity contribution in [3.63, 3.8) is 0 Å². The van der Waals surface area contributed by atoms with E-state index in [0.717, 1.165) is 0 Å². The molecule has 0 aromatic heterocycles. The van der Waals surface area contributed by atoms with E-state index in [2.05, 4.69) is 10.6 Å². The standard InChI is InChI=1S/C9H16N2O6S/c1-9(2-3-18(16,17)5-9)11-8(15)10-6(4-12)7(13)14/h6,12H,2-5H2,1H3,(H,13,14)(H2,10,11,15). The number of carboxylic acids is 1. The molecule has 9 heteroatoms. The lowest BCUT2D eigenvalue weighted by molar-refractivity contribution is -0.140. The molecule has 0 spiro atoms. The second kappa shape index (κ2) is 5.11. The molecule has 18 heavy (non-hydrogen) atoms. The predicted molar refractivity (Wildman–Crippen MR) is 61.9 cm³/mol. The third-order valence-corrected chi connectivity index (χ3v) is 4.61. The second-order valence-corrected chi connectivity index (χ2v) is 6.76. The zero-order valence-electron chi connectivity index (χ0n) is 9.84. The predicted octanol–water partition coefficient (Wildman–Crippen LogP) is -1.69. The number of amides is 2. The molecule has 0 aromatic rings. The van der Waals surface area contributed by atoms with E-state index in [1.54, 1.807) is 6.92 Å². The van der Waals surface area contributed by atoms with Crippen LogP contribution in [0.3, 0.4) is 0 Å². The van der Waals surface area contributed by atoms with Crippen LogP contribution < -0.4 is 10.6 Å². The van der Waals surface area contributed by atoms with Crippen molar-refractivity contribution in [3.05, 3.63) is 0 Å². The summed E-state index contributed by atoms with van der Waals surface area (Å²) in [7, 11) is -3.16. The minimum absolute atomic E-state index is 0.00780. The summed E-state index contributed by atoms with van der Waals surface area (Å²) in [6.45, 7) is 0.837. The van der Waals surface area contributed by atoms with E-state index in [4.69, 9.17) is 10.2 Å². The minimum atomic E-state index is -3.16. The minimum Gasteiger partial charge on any atom is -0.480 e. The molecular weight excluding hydrogens is 264 g/mol. The molecule has 4 N–H and O–H groups in total. The highest BCUT2D eigenvalue weighted by atomic mass is 32.2. The quantitative estimate of drug-likeness (QED) is 0.485. The molecule has 1 aliphatic rings. The van der Waals surface area contributed by atoms with Gasteiger partial charge in [0.25, 0.3) is 0 Å². The van der Waals surface area contributed by atoms with Gasteiger partial charge in [0.2, 0.25) is 0 Å². The summed E-state index contributed by atoms with van der Waals surface area (Å²) >= 11 is 0. The van der Waals surface area contributed by atoms with E-state index in [1.165, 1.54) is 0 Å². The van der Waals surface area contributed by atoms with Gasteiger partial charge in [0.05, 0.1) is 23.7 Å². The molecule has 1 rings (SSSR count). The number of aliphatic hydroxyl groups is 1. The fraction of sp³-hybridized carbons (Fsp3) is 0.778. The van der Waals surface area contributed by atoms with Gasteiger partial charge >= 0.3 is 12.0 Å². The monoisotopic (exact) mass is 280 g/mol. The van der Waals surface area contributed by atoms with Crippen LogP contribution in [-0.2, 0) is 14.6 Å². The van der Waals surface area contributed by atoms with E-state index >= 15 is 0 Å². The van der Waals surface area contributed by atoms with Crippen molar-refractivity contribution < 1.29 is 28.2 Å². The Kier molecular flexibility index (Phi) is 4.17. The van der Waals surface area contributed by atoms with Gasteiger partial charge < -0.3 is 20.8 Å². The summed E-state index contributed by atoms with van der Waals surface area (Å²) in [5, 5.41) is 21.8. The zero-order chi connectivity index (χ0) is 14.0. The maximum atomic E-state index is 11.5. The van der Waals surface area contributed by atoms with Crippen molar-refractivity contribution in [1.82, 2.24) is 10.6 Å². The first-order chi connectivity index (χ1) is 8.17. The lowest BCUT2D eigenvalue weighted by Crippen LogP contribution is -2.55. The molecule has 0 bridgehead atoms. The molecule has 1 fully saturated rings. The molecule has 0 aliphatic carbocycles. The fourth-order valence-electron chi connectivity index (χ4n) is 1.76. The molecule has 8 nitrogen and oxygen atoms in total. The van der Waals surface area contributed by atoms with Gasteiger partial charge in [-0.05, 0) is 13.3 Å². The number of sulfone groups is 1. The Hall–Kier alpha value is -1.35. The van der Waals surface area contributed by atoms with Gasteiger partial charge in [-0.3, -0.25) is 0 Å². The topological polar surface area (TPSA) is 133 Å². The van der Waals surface area contributed by atoms with Crippen molar-refractivity contribution in [2.45, 2.75) is 24.9 Å². The van der Waals surface area contributed by atoms with Crippen LogP contribution in [-0.4, -0.2) is 60.3 Å². The molecule has 2 amide bonds. The van der Waals surface area contributed by atoms with Gasteiger partial charge in [0.15, 0.2) is 15.9 Å². The zero-order valence-corrected chi connectivity index (χ0v) is 10.7. The van der Waals surface area contributed by atoms with Crippen LogP contribution in [0.1, 0.15) is 13.3 Å². The molecule has 104 valence electrons. The van der Waals surface area contributed by atoms with Crippen LogP contribution in [0.5, 0.6) is 0 Å². The smallest absolute Gasteiger partial charge is 0.328 e. The van der Waals surface area contributed by atoms with Crippen LogP contribution in [0.15, 0.2) is 0 Å². The number of hydrogen-bond acceptors (Lipinski definition) is 5. The highest BCUT2D eigenvalue weighted by Crippen LogP contribution is 2.22. The number of aliphatic hydroxyl groups excluding tert-OH is 1. The van der Waals surface area contributed by atoms with Crippen LogP contribution >= 0.6 is 0 Å². The summed E-state index contributed by atoms with van der Waals surface area (Å²) in [5.41, 5.74) is -0.901. The normalized spacial score (nSPS) is 27.4. The lowest BCUT2D eigenvalue weighted by atomic mass is 10.0. The Morgan fingerprint density at radius 2 is 2.06 bits per heavy atom. The molecular formula is C9H16N2O6S. The van der Waals surface area contributed by atoms with Crippen LogP contribution in [0.25, 0.3) is 0 Å². The van der Waals surface area contributed by atoms with Crippen molar-refractivity contribution >= 4 is 21.8 Å². The van der Waals surface area contributed by atoms with Gasteiger partial charge in [0.1, 0.15) is 0 Å². The van der Waals surface area contributed by atoms with E-state index in [-0.39, 0.29) is 17.9 Å². The summed E-state index contributed by atoms with van der Waals surface area (Å²) < 4.78 is 22.6. The molecule has 1 saturated heterocycles. The average Bonchev–Trinajstić information content (AvgIpc) is 2.48. The number of hydrogen-bond donors (Lipinski definition) is 4. The van der Waals surface area contributed by atoms with Gasteiger partial charge in [0, 0.05) is 0 Å². The van der Waals surface area contributed by atoms with Crippen LogP contribution in [0.4, 0.5) is 4.79 Å². The third-order valence-electron chi connectivity index (χ3n) is 2.70. The third kappa shape index (κ3) is 3.84. The molecule has 1 aliphatic heterocycles. The first-order valence-electron chi connectivity index (χ1n) is 5.30. The summed E-state index contributed by atoms with van der Waals surface area (Å²) in [4.78, 5) is 22.1. The Morgan fingerprint density at radius 1 is 1.44 bits per heavy atom. The highest BCUT2D eigenvalue weighted by molar-refractivity contribution is 7.91. The number of nitrogens with one attached hydrogen (secondary N) is 2. The van der Waals surface area contributed by atoms with E-state index < -0.39 is 40.0 Å². The summed E-state index contributed by atoms with van der Waals surface area (Å²) in [6.07, 6.45) is 0.277. The Morgan fingerprint density at radius 3 is 2.44 bits per heavy atom. The number of rotatable bonds is 4. The van der Waals surface area contributed by atoms with E-state index in [1.807, 2.05) is 0 Å². The SMILES string of the molecule is CC1(NC(=O)NC(CO)C(=O)O)CCS(=O)(=O)C1. The number of carboxylic acid groups (broad SMARTS) is 1. The van der Waals surface area contributed by atoms with Crippen LogP contribution in [0.2, 0.25) is 0 Å². The number of urea groups is 1. The van der Waals surface area contributed by atoms with Gasteiger partial charge in [-0.2, -0.15) is 0 Å². The van der Waals surface area contributed by atoms with E-state index in [9.17, 15) is 18.0 Å². The summed E-state index contributed by atoms with van der Waals surface area (Å²) in [6, 6.07) is -2.22. The van der Waals surface area contributed by atoms with Gasteiger partial charge in [-0.15, -0.1) is 0 Å². The largest absolute Gasteiger partial charge is 0.480 e. The molecule has 0 saturated carbocycles. The lowest BCUT2D eigenvalue weighted by Gasteiger charge is -2.25. The molecule has 2 atom stereocenters. The van der Waals surface area contributed by atoms with Crippen molar-refractivity contribution in [3.8, 4) is 0 Å². The van der Waals surface area contributed by atoms with Crippen molar-refractivity contribution in [2.75, 3.05) is 18.1 Å². The molecule has 1 heterocycles. The Labute approximate surface area is 104 Å². The average molecular weight is 280 g/mol. The van der Waals surface area contributed by atoms with Crippen molar-refractivity contribution in [2.24, 2.45) is 0 Å². The highest BCUT2D eigenvalue weighted by Gasteiger charge is 2.39. The molecule has 2 unspecified atom stereocenters. The number of aliphatic carboxylic acids is 1.